The predicted molar refractivity (Wildman–Crippen MR) is 118 cm³/mol. The molecule has 2 aliphatic rings. The number of halogens is 2. The van der Waals surface area contributed by atoms with Crippen LogP contribution in [-0.4, -0.2) is 58.9 Å². The molecule has 3 heterocycles. The number of nitrogens with one attached hydrogen (secondary N) is 2. The lowest BCUT2D eigenvalue weighted by molar-refractivity contribution is -0.125. The highest BCUT2D eigenvalue weighted by atomic mass is 35.5. The Morgan fingerprint density at radius 2 is 2.11 bits per heavy atom. The molecule has 2 saturated heterocycles. The lowest BCUT2D eigenvalue weighted by Crippen LogP contribution is -2.55. The van der Waals surface area contributed by atoms with Crippen LogP contribution in [0.2, 0.25) is 0 Å². The average molecular weight is 434 g/mol. The second kappa shape index (κ2) is 10.8. The quantitative estimate of drug-likeness (QED) is 0.723. The largest absolute Gasteiger partial charge is 0.354 e. The van der Waals surface area contributed by atoms with E-state index in [0.717, 1.165) is 37.7 Å². The first-order chi connectivity index (χ1) is 12.4. The molecule has 6 nitrogen and oxygen atoms in total. The smallest absolute Gasteiger partial charge is 0.225 e. The number of carbonyl (C=O) groups is 1. The van der Waals surface area contributed by atoms with E-state index >= 15 is 0 Å². The van der Waals surface area contributed by atoms with E-state index in [4.69, 9.17) is 0 Å². The number of aryl methyl sites for hydroxylation is 1. The zero-order valence-electron chi connectivity index (χ0n) is 17.6. The van der Waals surface area contributed by atoms with Gasteiger partial charge < -0.3 is 10.6 Å². The number of hydrogen-bond donors (Lipinski definition) is 2. The fourth-order valence-corrected chi connectivity index (χ4v) is 4.43. The van der Waals surface area contributed by atoms with Crippen LogP contribution in [0, 0.1) is 11.8 Å². The summed E-state index contributed by atoms with van der Waals surface area (Å²) in [7, 11) is 1.92. The molecule has 1 aromatic rings. The number of hydrogen-bond acceptors (Lipinski definition) is 4. The van der Waals surface area contributed by atoms with Crippen LogP contribution in [0.1, 0.15) is 51.5 Å². The van der Waals surface area contributed by atoms with E-state index in [-0.39, 0.29) is 48.1 Å². The third-order valence-corrected chi connectivity index (χ3v) is 6.35. The molecule has 3 rings (SSSR count). The molecule has 2 fully saturated rings. The van der Waals surface area contributed by atoms with Gasteiger partial charge in [0.05, 0.1) is 12.1 Å². The van der Waals surface area contributed by atoms with Gasteiger partial charge in [0.15, 0.2) is 0 Å². The Kier molecular flexibility index (Phi) is 9.74. The second-order valence-corrected chi connectivity index (χ2v) is 8.71. The summed E-state index contributed by atoms with van der Waals surface area (Å²) in [4.78, 5) is 15.5. The van der Waals surface area contributed by atoms with Crippen LogP contribution < -0.4 is 10.6 Å². The first kappa shape index (κ1) is 25.2. The number of nitrogens with zero attached hydrogens (tertiary/aromatic N) is 3. The van der Waals surface area contributed by atoms with Gasteiger partial charge in [-0.3, -0.25) is 14.4 Å². The van der Waals surface area contributed by atoms with Crippen molar-refractivity contribution in [2.24, 2.45) is 18.9 Å². The van der Waals surface area contributed by atoms with E-state index in [1.165, 1.54) is 19.3 Å². The van der Waals surface area contributed by atoms with Gasteiger partial charge in [0.25, 0.3) is 0 Å². The highest BCUT2D eigenvalue weighted by molar-refractivity contribution is 5.85. The molecule has 0 bridgehead atoms. The van der Waals surface area contributed by atoms with Gasteiger partial charge in [0.1, 0.15) is 0 Å². The van der Waals surface area contributed by atoms with Gasteiger partial charge in [0, 0.05) is 50.9 Å². The van der Waals surface area contributed by atoms with Crippen molar-refractivity contribution in [3.63, 3.8) is 0 Å². The molecule has 162 valence electrons. The maximum atomic E-state index is 12.9. The van der Waals surface area contributed by atoms with E-state index in [2.05, 4.69) is 41.4 Å². The number of likely N-dealkylation sites (tertiary alicyclic amines) is 1. The zero-order chi connectivity index (χ0) is 18.7. The molecule has 1 amide bonds. The van der Waals surface area contributed by atoms with Gasteiger partial charge in [-0.1, -0.05) is 13.3 Å². The first-order valence-electron chi connectivity index (χ1n) is 10.1. The summed E-state index contributed by atoms with van der Waals surface area (Å²) in [6.07, 6.45) is 7.78. The molecule has 2 aliphatic heterocycles. The summed E-state index contributed by atoms with van der Waals surface area (Å²) in [5.41, 5.74) is 1.15. The second-order valence-electron chi connectivity index (χ2n) is 8.71. The summed E-state index contributed by atoms with van der Waals surface area (Å²) < 4.78 is 1.81. The average Bonchev–Trinajstić information content (AvgIpc) is 3.28. The summed E-state index contributed by atoms with van der Waals surface area (Å²) in [5.74, 6) is 1.17. The molecule has 0 radical (unpaired) electrons. The van der Waals surface area contributed by atoms with Gasteiger partial charge in [0.2, 0.25) is 5.91 Å². The van der Waals surface area contributed by atoms with Crippen LogP contribution in [0.3, 0.4) is 0 Å². The van der Waals surface area contributed by atoms with Crippen LogP contribution >= 0.6 is 24.8 Å². The van der Waals surface area contributed by atoms with E-state index in [9.17, 15) is 4.79 Å². The van der Waals surface area contributed by atoms with E-state index < -0.39 is 0 Å². The number of piperidine rings is 1. The standard InChI is InChI=1S/C20H35N5O.2ClH/c1-5-15-7-6-8-25(12-15)20(2,3)14-22-19(26)18-11-21-10-17(18)16-9-23-24(4)13-16;;/h9,13,15,17-18,21H,5-8,10-12,14H2,1-4H3,(H,22,26);2*1H/t15?,17-,18+;;/m1../s1. The fourth-order valence-electron chi connectivity index (χ4n) is 4.43. The Labute approximate surface area is 182 Å². The van der Waals surface area contributed by atoms with Crippen LogP contribution in [0.5, 0.6) is 0 Å². The third-order valence-electron chi connectivity index (χ3n) is 6.35. The van der Waals surface area contributed by atoms with E-state index in [1.54, 1.807) is 0 Å². The van der Waals surface area contributed by atoms with Crippen LogP contribution in [0.15, 0.2) is 12.4 Å². The lowest BCUT2D eigenvalue weighted by Gasteiger charge is -2.43. The molecule has 0 aliphatic carbocycles. The zero-order valence-corrected chi connectivity index (χ0v) is 19.2. The lowest BCUT2D eigenvalue weighted by atomic mass is 9.89. The normalized spacial score (nSPS) is 25.6. The summed E-state index contributed by atoms with van der Waals surface area (Å²) in [6.45, 7) is 11.4. The Bertz CT molecular complexity index is 621. The van der Waals surface area contributed by atoms with Gasteiger partial charge in [-0.25, -0.2) is 0 Å². The Morgan fingerprint density at radius 3 is 2.75 bits per heavy atom. The van der Waals surface area contributed by atoms with Crippen LogP contribution in [0.4, 0.5) is 0 Å². The highest BCUT2D eigenvalue weighted by Gasteiger charge is 2.36. The maximum Gasteiger partial charge on any atom is 0.225 e. The molecule has 0 aromatic carbocycles. The van der Waals surface area contributed by atoms with Crippen molar-refractivity contribution in [2.45, 2.75) is 51.5 Å². The number of amides is 1. The van der Waals surface area contributed by atoms with Crippen molar-refractivity contribution in [3.8, 4) is 0 Å². The van der Waals surface area contributed by atoms with Gasteiger partial charge in [-0.15, -0.1) is 24.8 Å². The molecule has 1 unspecified atom stereocenters. The molecule has 1 aromatic heterocycles. The molecular formula is C20H37Cl2N5O. The number of rotatable bonds is 6. The van der Waals surface area contributed by atoms with E-state index in [1.807, 2.05) is 24.1 Å². The summed E-state index contributed by atoms with van der Waals surface area (Å²) in [5, 5.41) is 10.9. The number of carbonyl (C=O) groups excluding carboxylic acids is 1. The molecule has 0 saturated carbocycles. The summed E-state index contributed by atoms with van der Waals surface area (Å²) in [6, 6.07) is 0. The Balaban J connectivity index is 0.00000196. The van der Waals surface area contributed by atoms with Gasteiger partial charge in [-0.05, 0) is 44.7 Å². The first-order valence-corrected chi connectivity index (χ1v) is 10.1. The van der Waals surface area contributed by atoms with Crippen LogP contribution in [0.25, 0.3) is 0 Å². The topological polar surface area (TPSA) is 62.2 Å². The predicted octanol–water partition coefficient (Wildman–Crippen LogP) is 2.58. The molecule has 2 N–H and O–H groups in total. The SMILES string of the molecule is CCC1CCCN(C(C)(C)CNC(=O)[C@H]2CNC[C@@H]2c2cnn(C)c2)C1.Cl.Cl. The molecule has 3 atom stereocenters. The minimum Gasteiger partial charge on any atom is -0.354 e. The van der Waals surface area contributed by atoms with Gasteiger partial charge in [-0.2, -0.15) is 5.10 Å². The van der Waals surface area contributed by atoms with Crippen molar-refractivity contribution in [3.05, 3.63) is 18.0 Å². The highest BCUT2D eigenvalue weighted by Crippen LogP contribution is 2.29. The minimum atomic E-state index is -0.0141. The third kappa shape index (κ3) is 5.85. The molecule has 28 heavy (non-hydrogen) atoms. The van der Waals surface area contributed by atoms with Gasteiger partial charge >= 0.3 is 0 Å². The monoisotopic (exact) mass is 433 g/mol. The fraction of sp³-hybridized carbons (Fsp3) is 0.800. The molecule has 8 heteroatoms. The van der Waals surface area contributed by atoms with Crippen molar-refractivity contribution in [1.29, 1.82) is 0 Å². The molecular weight excluding hydrogens is 397 g/mol. The van der Waals surface area contributed by atoms with E-state index in [0.29, 0.717) is 6.54 Å². The maximum absolute atomic E-state index is 12.9. The summed E-state index contributed by atoms with van der Waals surface area (Å²) >= 11 is 0. The van der Waals surface area contributed by atoms with Crippen molar-refractivity contribution in [1.82, 2.24) is 25.3 Å². The Morgan fingerprint density at radius 1 is 1.36 bits per heavy atom. The number of aromatic nitrogens is 2. The van der Waals surface area contributed by atoms with Crippen molar-refractivity contribution >= 4 is 30.7 Å². The van der Waals surface area contributed by atoms with Crippen molar-refractivity contribution in [2.75, 3.05) is 32.7 Å². The van der Waals surface area contributed by atoms with Crippen LogP contribution in [-0.2, 0) is 11.8 Å². The Hall–Kier alpha value is -0.820. The molecule has 0 spiro atoms. The minimum absolute atomic E-state index is 0. The van der Waals surface area contributed by atoms with Crippen molar-refractivity contribution < 1.29 is 4.79 Å².